The van der Waals surface area contributed by atoms with Gasteiger partial charge in [-0.05, 0) is 49.4 Å². The number of likely N-dealkylation sites (tertiary alicyclic amines) is 1. The number of hydrogen-bond donors (Lipinski definition) is 0. The lowest BCUT2D eigenvalue weighted by Gasteiger charge is -2.27. The van der Waals surface area contributed by atoms with Crippen LogP contribution in [0.2, 0.25) is 0 Å². The summed E-state index contributed by atoms with van der Waals surface area (Å²) in [5, 5.41) is 0. The van der Waals surface area contributed by atoms with Crippen LogP contribution in [0.5, 0.6) is 0 Å². The third-order valence-electron chi connectivity index (χ3n) is 5.73. The number of hydrogen-bond acceptors (Lipinski definition) is 3. The zero-order chi connectivity index (χ0) is 19.6. The maximum Gasteiger partial charge on any atom is 0.254 e. The lowest BCUT2D eigenvalue weighted by atomic mass is 10.0. The summed E-state index contributed by atoms with van der Waals surface area (Å²) in [4.78, 5) is 15.3. The van der Waals surface area contributed by atoms with Gasteiger partial charge >= 0.3 is 0 Å². The highest BCUT2D eigenvalue weighted by molar-refractivity contribution is 7.89. The van der Waals surface area contributed by atoms with Gasteiger partial charge in [-0.25, -0.2) is 8.42 Å². The Morgan fingerprint density at radius 3 is 2.36 bits per heavy atom. The van der Waals surface area contributed by atoms with Crippen molar-refractivity contribution in [3.63, 3.8) is 0 Å². The van der Waals surface area contributed by atoms with E-state index in [2.05, 4.69) is 0 Å². The molecule has 1 atom stereocenters. The Bertz CT molecular complexity index is 937. The molecule has 0 spiro atoms. The maximum absolute atomic E-state index is 13.2. The van der Waals surface area contributed by atoms with Crippen molar-refractivity contribution in [3.8, 4) is 0 Å². The molecule has 5 nitrogen and oxygen atoms in total. The van der Waals surface area contributed by atoms with Gasteiger partial charge < -0.3 is 4.90 Å². The molecule has 148 valence electrons. The van der Waals surface area contributed by atoms with E-state index in [0.29, 0.717) is 25.2 Å². The van der Waals surface area contributed by atoms with Gasteiger partial charge in [-0.2, -0.15) is 4.31 Å². The molecule has 2 saturated heterocycles. The smallest absolute Gasteiger partial charge is 0.254 e. The lowest BCUT2D eigenvalue weighted by Crippen LogP contribution is -2.36. The molecule has 2 fully saturated rings. The topological polar surface area (TPSA) is 57.7 Å². The molecule has 6 heteroatoms. The van der Waals surface area contributed by atoms with Crippen molar-refractivity contribution in [2.24, 2.45) is 0 Å². The number of carbonyl (C=O) groups is 1. The molecule has 0 bridgehead atoms. The molecule has 0 aromatic heterocycles. The summed E-state index contributed by atoms with van der Waals surface area (Å²) < 4.78 is 27.5. The van der Waals surface area contributed by atoms with Crippen LogP contribution in [-0.4, -0.2) is 43.2 Å². The number of benzene rings is 2. The first-order chi connectivity index (χ1) is 13.6. The minimum Gasteiger partial charge on any atom is -0.332 e. The van der Waals surface area contributed by atoms with Crippen LogP contribution in [-0.2, 0) is 10.0 Å². The molecule has 0 N–H and O–H groups in total. The third-order valence-corrected chi connectivity index (χ3v) is 7.63. The first kappa shape index (κ1) is 19.2. The zero-order valence-electron chi connectivity index (χ0n) is 16.0. The van der Waals surface area contributed by atoms with Gasteiger partial charge in [0.15, 0.2) is 0 Å². The van der Waals surface area contributed by atoms with Crippen LogP contribution in [0, 0.1) is 0 Å². The highest BCUT2D eigenvalue weighted by Gasteiger charge is 2.32. The molecule has 2 aromatic rings. The number of nitrogens with zero attached hydrogens (tertiary/aromatic N) is 2. The summed E-state index contributed by atoms with van der Waals surface area (Å²) in [7, 11) is -3.54. The van der Waals surface area contributed by atoms with Crippen molar-refractivity contribution < 1.29 is 13.2 Å². The number of amides is 1. The third kappa shape index (κ3) is 3.71. The van der Waals surface area contributed by atoms with E-state index in [4.69, 9.17) is 0 Å². The SMILES string of the molecule is O=C(c1cccc(S(=O)(=O)N2CCCCC2)c1)N1CCCC1c1ccccc1. The van der Waals surface area contributed by atoms with Gasteiger partial charge in [0.05, 0.1) is 10.9 Å². The average molecular weight is 399 g/mol. The Morgan fingerprint density at radius 2 is 1.61 bits per heavy atom. The quantitative estimate of drug-likeness (QED) is 0.786. The van der Waals surface area contributed by atoms with E-state index in [-0.39, 0.29) is 16.8 Å². The number of sulfonamides is 1. The van der Waals surface area contributed by atoms with Crippen molar-refractivity contribution in [1.29, 1.82) is 0 Å². The summed E-state index contributed by atoms with van der Waals surface area (Å²) in [5.41, 5.74) is 1.58. The van der Waals surface area contributed by atoms with Crippen LogP contribution in [0.25, 0.3) is 0 Å². The van der Waals surface area contributed by atoms with Crippen molar-refractivity contribution in [3.05, 3.63) is 65.7 Å². The first-order valence-corrected chi connectivity index (χ1v) is 11.5. The maximum atomic E-state index is 13.2. The molecule has 1 amide bonds. The van der Waals surface area contributed by atoms with E-state index in [0.717, 1.165) is 37.7 Å². The van der Waals surface area contributed by atoms with Crippen LogP contribution >= 0.6 is 0 Å². The second kappa shape index (κ2) is 8.05. The Hall–Kier alpha value is -2.18. The fourth-order valence-corrected chi connectivity index (χ4v) is 5.80. The second-order valence-electron chi connectivity index (χ2n) is 7.56. The normalized spacial score (nSPS) is 21.0. The first-order valence-electron chi connectivity index (χ1n) is 10.0. The molecule has 0 aliphatic carbocycles. The lowest BCUT2D eigenvalue weighted by molar-refractivity contribution is 0.0735. The van der Waals surface area contributed by atoms with E-state index in [1.807, 2.05) is 35.2 Å². The van der Waals surface area contributed by atoms with Crippen LogP contribution in [0.15, 0.2) is 59.5 Å². The molecule has 2 aromatic carbocycles. The van der Waals surface area contributed by atoms with Crippen LogP contribution in [0.3, 0.4) is 0 Å². The molecule has 4 rings (SSSR count). The van der Waals surface area contributed by atoms with Crippen LogP contribution in [0.4, 0.5) is 0 Å². The molecule has 2 aliphatic heterocycles. The predicted octanol–water partition coefficient (Wildman–Crippen LogP) is 3.84. The van der Waals surface area contributed by atoms with E-state index < -0.39 is 10.0 Å². The van der Waals surface area contributed by atoms with E-state index in [1.165, 1.54) is 0 Å². The van der Waals surface area contributed by atoms with Gasteiger partial charge in [-0.1, -0.05) is 42.8 Å². The van der Waals surface area contributed by atoms with Crippen LogP contribution < -0.4 is 0 Å². The van der Waals surface area contributed by atoms with E-state index in [1.54, 1.807) is 28.6 Å². The Kier molecular flexibility index (Phi) is 5.51. The molecule has 28 heavy (non-hydrogen) atoms. The molecule has 0 saturated carbocycles. The number of rotatable bonds is 4. The molecular formula is C22H26N2O3S. The largest absolute Gasteiger partial charge is 0.332 e. The zero-order valence-corrected chi connectivity index (χ0v) is 16.8. The molecule has 2 heterocycles. The highest BCUT2D eigenvalue weighted by Crippen LogP contribution is 2.33. The van der Waals surface area contributed by atoms with E-state index in [9.17, 15) is 13.2 Å². The Morgan fingerprint density at radius 1 is 0.857 bits per heavy atom. The van der Waals surface area contributed by atoms with Gasteiger partial charge in [0, 0.05) is 25.2 Å². The summed E-state index contributed by atoms with van der Waals surface area (Å²) in [6.07, 6.45) is 4.74. The van der Waals surface area contributed by atoms with Gasteiger partial charge in [0.25, 0.3) is 5.91 Å². The van der Waals surface area contributed by atoms with Crippen molar-refractivity contribution >= 4 is 15.9 Å². The summed E-state index contributed by atoms with van der Waals surface area (Å²) >= 11 is 0. The fraction of sp³-hybridized carbons (Fsp3) is 0.409. The fourth-order valence-electron chi connectivity index (χ4n) is 4.24. The summed E-state index contributed by atoms with van der Waals surface area (Å²) in [6, 6.07) is 16.6. The van der Waals surface area contributed by atoms with E-state index >= 15 is 0 Å². The average Bonchev–Trinajstić information content (AvgIpc) is 3.24. The number of piperidine rings is 1. The molecule has 2 aliphatic rings. The molecule has 1 unspecified atom stereocenters. The minimum atomic E-state index is -3.54. The highest BCUT2D eigenvalue weighted by atomic mass is 32.2. The van der Waals surface area contributed by atoms with Gasteiger partial charge in [-0.3, -0.25) is 4.79 Å². The molecule has 0 radical (unpaired) electrons. The standard InChI is InChI=1S/C22H26N2O3S/c25-22(24-16-8-13-21(24)18-9-3-1-4-10-18)19-11-7-12-20(17-19)28(26,27)23-14-5-2-6-15-23/h1,3-4,7,9-12,17,21H,2,5-6,8,13-16H2. The van der Waals surface area contributed by atoms with Gasteiger partial charge in [0.1, 0.15) is 0 Å². The minimum absolute atomic E-state index is 0.0519. The summed E-state index contributed by atoms with van der Waals surface area (Å²) in [6.45, 7) is 1.81. The van der Waals surface area contributed by atoms with Crippen molar-refractivity contribution in [2.75, 3.05) is 19.6 Å². The van der Waals surface area contributed by atoms with Gasteiger partial charge in [0.2, 0.25) is 10.0 Å². The molecular weight excluding hydrogens is 372 g/mol. The Labute approximate surface area is 167 Å². The predicted molar refractivity (Wildman–Crippen MR) is 109 cm³/mol. The number of carbonyl (C=O) groups excluding carboxylic acids is 1. The summed E-state index contributed by atoms with van der Waals surface area (Å²) in [5.74, 6) is -0.0953. The second-order valence-corrected chi connectivity index (χ2v) is 9.50. The van der Waals surface area contributed by atoms with Gasteiger partial charge in [-0.15, -0.1) is 0 Å². The van der Waals surface area contributed by atoms with Crippen molar-refractivity contribution in [1.82, 2.24) is 9.21 Å². The monoisotopic (exact) mass is 398 g/mol. The van der Waals surface area contributed by atoms with Crippen LogP contribution in [0.1, 0.15) is 54.1 Å². The van der Waals surface area contributed by atoms with Crippen molar-refractivity contribution in [2.45, 2.75) is 43.0 Å². The Balaban J connectivity index is 1.59.